The zero-order valence-electron chi connectivity index (χ0n) is 5.93. The minimum absolute atomic E-state index is 0.714. The van der Waals surface area contributed by atoms with E-state index in [-0.39, 0.29) is 0 Å². The van der Waals surface area contributed by atoms with Crippen molar-refractivity contribution in [3.8, 4) is 0 Å². The Balaban J connectivity index is 2.24. The quantitative estimate of drug-likeness (QED) is 0.663. The van der Waals surface area contributed by atoms with Crippen molar-refractivity contribution in [2.45, 2.75) is 17.9 Å². The van der Waals surface area contributed by atoms with E-state index in [2.05, 4.69) is 20.8 Å². The molecule has 1 aliphatic rings. The van der Waals surface area contributed by atoms with Crippen molar-refractivity contribution >= 4 is 21.9 Å². The van der Waals surface area contributed by atoms with Gasteiger partial charge in [0.1, 0.15) is 0 Å². The van der Waals surface area contributed by atoms with E-state index in [0.717, 1.165) is 12.8 Å². The number of nitrogens with zero attached hydrogens (tertiary/aromatic N) is 1. The Morgan fingerprint density at radius 2 is 2.09 bits per heavy atom. The van der Waals surface area contributed by atoms with E-state index in [0.29, 0.717) is 13.1 Å². The highest BCUT2D eigenvalue weighted by molar-refractivity contribution is 9.09. The summed E-state index contributed by atoms with van der Waals surface area (Å²) < 4.78 is 12.2. The van der Waals surface area contributed by atoms with Crippen LogP contribution >= 0.6 is 15.9 Å². The maximum absolute atomic E-state index is 12.2. The summed E-state index contributed by atoms with van der Waals surface area (Å²) in [5.74, 6) is -0.869. The molecule has 0 spiro atoms. The Kier molecular flexibility index (Phi) is 3.26. The summed E-state index contributed by atoms with van der Waals surface area (Å²) in [4.78, 5) is 15.3. The zero-order valence-corrected chi connectivity index (χ0v) is 7.51. The highest BCUT2D eigenvalue weighted by Gasteiger charge is 2.21. The molecule has 1 unspecified atom stereocenters. The van der Waals surface area contributed by atoms with Crippen LogP contribution in [0.3, 0.4) is 0 Å². The molecule has 0 N–H and O–H groups in total. The minimum atomic E-state index is -1.71. The second-order valence-corrected chi connectivity index (χ2v) is 3.15. The van der Waals surface area contributed by atoms with E-state index in [1.165, 1.54) is 5.06 Å². The summed E-state index contributed by atoms with van der Waals surface area (Å²) in [6.45, 7) is 1.43. The van der Waals surface area contributed by atoms with Crippen LogP contribution in [-0.2, 0) is 9.63 Å². The molecular weight excluding hydrogens is 217 g/mol. The lowest BCUT2D eigenvalue weighted by Crippen LogP contribution is -2.27. The van der Waals surface area contributed by atoms with Crippen molar-refractivity contribution in [1.82, 2.24) is 5.06 Å². The summed E-state index contributed by atoms with van der Waals surface area (Å²) in [6.07, 6.45) is 2.01. The van der Waals surface area contributed by atoms with Crippen molar-refractivity contribution in [1.29, 1.82) is 0 Å². The van der Waals surface area contributed by atoms with E-state index >= 15 is 0 Å². The summed E-state index contributed by atoms with van der Waals surface area (Å²) in [5.41, 5.74) is 0. The zero-order chi connectivity index (χ0) is 8.27. The maximum atomic E-state index is 12.2. The van der Waals surface area contributed by atoms with Crippen molar-refractivity contribution in [3.05, 3.63) is 0 Å². The van der Waals surface area contributed by atoms with E-state index in [1.54, 1.807) is 0 Å². The lowest BCUT2D eigenvalue weighted by molar-refractivity contribution is -0.187. The number of halogens is 2. The van der Waals surface area contributed by atoms with Gasteiger partial charge >= 0.3 is 5.97 Å². The van der Waals surface area contributed by atoms with Gasteiger partial charge in [-0.15, -0.1) is 5.06 Å². The normalized spacial score (nSPS) is 21.6. The van der Waals surface area contributed by atoms with Gasteiger partial charge in [0.25, 0.3) is 5.08 Å². The molecule has 0 bridgehead atoms. The highest BCUT2D eigenvalue weighted by atomic mass is 79.9. The summed E-state index contributed by atoms with van der Waals surface area (Å²) in [5, 5.41) is -0.223. The molecule has 64 valence electrons. The molecule has 1 rings (SSSR count). The maximum Gasteiger partial charge on any atom is 0.370 e. The van der Waals surface area contributed by atoms with Gasteiger partial charge in [-0.2, -0.15) is 0 Å². The summed E-state index contributed by atoms with van der Waals surface area (Å²) in [7, 11) is 0. The van der Waals surface area contributed by atoms with Gasteiger partial charge in [-0.05, 0) is 28.8 Å². The molecule has 1 fully saturated rings. The van der Waals surface area contributed by atoms with Crippen molar-refractivity contribution in [2.24, 2.45) is 0 Å². The van der Waals surface area contributed by atoms with Crippen LogP contribution < -0.4 is 0 Å². The fraction of sp³-hybridized carbons (Fsp3) is 0.833. The molecule has 5 heteroatoms. The second kappa shape index (κ2) is 4.01. The Labute approximate surface area is 72.6 Å². The first kappa shape index (κ1) is 8.93. The molecule has 0 saturated carbocycles. The number of rotatable bonds is 2. The number of carbonyl (C=O) groups is 1. The number of hydrogen-bond donors (Lipinski definition) is 0. The van der Waals surface area contributed by atoms with Crippen molar-refractivity contribution in [3.63, 3.8) is 0 Å². The molecule has 0 radical (unpaired) electrons. The number of hydrogen-bond acceptors (Lipinski definition) is 3. The molecule has 11 heavy (non-hydrogen) atoms. The fourth-order valence-corrected chi connectivity index (χ4v) is 1.03. The molecular formula is C6H9BrFNO2. The predicted octanol–water partition coefficient (Wildman–Crippen LogP) is 1.23. The van der Waals surface area contributed by atoms with Gasteiger partial charge in [-0.25, -0.2) is 9.18 Å². The van der Waals surface area contributed by atoms with E-state index < -0.39 is 11.1 Å². The molecule has 0 amide bonds. The Bertz CT molecular complexity index is 148. The van der Waals surface area contributed by atoms with Crippen molar-refractivity contribution < 1.29 is 14.0 Å². The van der Waals surface area contributed by atoms with E-state index in [9.17, 15) is 9.18 Å². The van der Waals surface area contributed by atoms with Gasteiger partial charge in [-0.3, -0.25) is 0 Å². The van der Waals surface area contributed by atoms with Crippen LogP contribution in [0.5, 0.6) is 0 Å². The third kappa shape index (κ3) is 2.75. The average molecular weight is 226 g/mol. The molecule has 3 nitrogen and oxygen atoms in total. The molecule has 0 aliphatic carbocycles. The van der Waals surface area contributed by atoms with E-state index in [1.807, 2.05) is 0 Å². The van der Waals surface area contributed by atoms with Gasteiger partial charge < -0.3 is 4.84 Å². The topological polar surface area (TPSA) is 29.5 Å². The molecule has 1 aliphatic heterocycles. The van der Waals surface area contributed by atoms with Crippen LogP contribution in [0.4, 0.5) is 4.39 Å². The Morgan fingerprint density at radius 3 is 2.55 bits per heavy atom. The van der Waals surface area contributed by atoms with Gasteiger partial charge in [0.2, 0.25) is 0 Å². The van der Waals surface area contributed by atoms with Crippen LogP contribution in [-0.4, -0.2) is 29.2 Å². The second-order valence-electron chi connectivity index (χ2n) is 2.35. The first-order valence-corrected chi connectivity index (χ1v) is 4.36. The average Bonchev–Trinajstić information content (AvgIpc) is 2.39. The molecule has 0 aromatic rings. The number of alkyl halides is 2. The first-order valence-electron chi connectivity index (χ1n) is 3.45. The third-order valence-corrected chi connectivity index (χ3v) is 1.84. The van der Waals surface area contributed by atoms with Gasteiger partial charge in [-0.1, -0.05) is 0 Å². The largest absolute Gasteiger partial charge is 0.370 e. The van der Waals surface area contributed by atoms with Crippen LogP contribution in [0.15, 0.2) is 0 Å². The SMILES string of the molecule is O=C(ON1CCCC1)C(F)Br. The van der Waals surface area contributed by atoms with Crippen LogP contribution in [0.2, 0.25) is 0 Å². The first-order chi connectivity index (χ1) is 5.20. The van der Waals surface area contributed by atoms with Crippen LogP contribution in [0.25, 0.3) is 0 Å². The van der Waals surface area contributed by atoms with Gasteiger partial charge in [0, 0.05) is 13.1 Å². The van der Waals surface area contributed by atoms with Gasteiger partial charge in [0.15, 0.2) is 0 Å². The van der Waals surface area contributed by atoms with Gasteiger partial charge in [0.05, 0.1) is 0 Å². The summed E-state index contributed by atoms with van der Waals surface area (Å²) in [6, 6.07) is 0. The Hall–Kier alpha value is -0.160. The highest BCUT2D eigenvalue weighted by Crippen LogP contribution is 2.11. The smallest absolute Gasteiger partial charge is 0.365 e. The van der Waals surface area contributed by atoms with Crippen LogP contribution in [0.1, 0.15) is 12.8 Å². The minimum Gasteiger partial charge on any atom is -0.365 e. The molecule has 0 aromatic heterocycles. The lowest BCUT2D eigenvalue weighted by atomic mass is 10.4. The molecule has 0 aromatic carbocycles. The molecule has 1 atom stereocenters. The van der Waals surface area contributed by atoms with E-state index in [4.69, 9.17) is 0 Å². The molecule has 1 saturated heterocycles. The fourth-order valence-electron chi connectivity index (χ4n) is 0.946. The standard InChI is InChI=1S/C6H9BrFNO2/c7-5(8)6(10)11-9-3-1-2-4-9/h5H,1-4H2. The Morgan fingerprint density at radius 1 is 1.55 bits per heavy atom. The van der Waals surface area contributed by atoms with Crippen molar-refractivity contribution in [2.75, 3.05) is 13.1 Å². The number of hydroxylamine groups is 2. The number of carbonyl (C=O) groups excluding carboxylic acids is 1. The lowest BCUT2D eigenvalue weighted by Gasteiger charge is -2.13. The van der Waals surface area contributed by atoms with Crippen LogP contribution in [0, 0.1) is 0 Å². The molecule has 1 heterocycles. The predicted molar refractivity (Wildman–Crippen MR) is 40.7 cm³/mol. The summed E-state index contributed by atoms with van der Waals surface area (Å²) >= 11 is 2.48. The monoisotopic (exact) mass is 225 g/mol. The third-order valence-electron chi connectivity index (χ3n) is 1.46.